The molecule has 3 radical (unpaired) electrons. The van der Waals surface area contributed by atoms with Gasteiger partial charge in [-0.3, -0.25) is 0 Å². The van der Waals surface area contributed by atoms with Crippen molar-refractivity contribution >= 4 is 0 Å². The van der Waals surface area contributed by atoms with E-state index in [2.05, 4.69) is 0 Å². The second kappa shape index (κ2) is 16.4. The smallest absolute Gasteiger partial charge is 0 e. The third kappa shape index (κ3) is 8.94. The van der Waals surface area contributed by atoms with Crippen LogP contribution >= 0.6 is 0 Å². The molecule has 0 saturated heterocycles. The van der Waals surface area contributed by atoms with Crippen LogP contribution in [-0.2, 0) is 56.2 Å². The van der Waals surface area contributed by atoms with Crippen LogP contribution in [0.15, 0.2) is 0 Å². The van der Waals surface area contributed by atoms with Crippen molar-refractivity contribution in [2.24, 2.45) is 0 Å². The first-order valence-electron chi connectivity index (χ1n) is 0. The first kappa shape index (κ1) is 27.3. The van der Waals surface area contributed by atoms with Crippen LogP contribution < -0.4 is 0 Å². The molecule has 0 spiro atoms. The van der Waals surface area contributed by atoms with Gasteiger partial charge in [-0.15, -0.1) is 0 Å². The minimum absolute atomic E-state index is 0. The Morgan fingerprint density at radius 1 is 1.00 bits per heavy atom. The molecule has 31 valence electrons. The Morgan fingerprint density at radius 3 is 1.00 bits per heavy atom. The molecule has 0 aliphatic rings. The number of hydrogen-bond acceptors (Lipinski definition) is 0. The predicted octanol–water partition coefficient (Wildman–Crippen LogP) is -0.00750. The van der Waals surface area contributed by atoms with E-state index in [0.717, 1.165) is 0 Å². The Labute approximate surface area is 95.8 Å². The maximum Gasteiger partial charge on any atom is 0 e. The largest absolute Gasteiger partial charge is 0 e. The van der Waals surface area contributed by atoms with Gasteiger partial charge in [-0.2, -0.15) is 0 Å². The van der Waals surface area contributed by atoms with Crippen molar-refractivity contribution in [3.05, 3.63) is 0 Å². The van der Waals surface area contributed by atoms with Gasteiger partial charge in [0, 0.05) is 98.0 Å². The molecule has 0 saturated carbocycles. The summed E-state index contributed by atoms with van der Waals surface area (Å²) >= 11 is 0. The molecule has 0 aromatic heterocycles. The molecule has 0 rings (SSSR count). The normalized spacial score (nSPS) is 0. The Hall–Kier alpha value is 3.14. The molecule has 0 aromatic carbocycles. The number of rotatable bonds is 0. The monoisotopic (exact) mass is 361 g/mol. The van der Waals surface area contributed by atoms with Crippen molar-refractivity contribution in [2.45, 2.75) is 0 Å². The topological polar surface area (TPSA) is 0 Å². The zero-order chi connectivity index (χ0) is 0. The van der Waals surface area contributed by atoms with Gasteiger partial charge in [0.1, 0.15) is 0 Å². The third-order valence-electron chi connectivity index (χ3n) is 0. The van der Waals surface area contributed by atoms with E-state index in [-0.39, 0.29) is 98.0 Å². The molecule has 4 heteroatoms. The molecule has 0 amide bonds. The van der Waals surface area contributed by atoms with E-state index in [4.69, 9.17) is 0 Å². The average molecular weight is 362 g/mol. The van der Waals surface area contributed by atoms with E-state index in [1.807, 2.05) is 0 Å². The van der Waals surface area contributed by atoms with Gasteiger partial charge in [0.25, 0.3) is 0 Å². The molecule has 0 atom stereocenters. The van der Waals surface area contributed by atoms with Gasteiger partial charge >= 0.3 is 0 Å². The summed E-state index contributed by atoms with van der Waals surface area (Å²) in [7, 11) is 0. The fourth-order valence-electron chi connectivity index (χ4n) is 0. The van der Waals surface area contributed by atoms with E-state index in [1.165, 1.54) is 0 Å². The quantitative estimate of drug-likeness (QED) is 0.533. The molecule has 0 aliphatic carbocycles. The van der Waals surface area contributed by atoms with Gasteiger partial charge in [-0.1, -0.05) is 0 Å². The zero-order valence-electron chi connectivity index (χ0n) is 1.51. The van der Waals surface area contributed by atoms with Crippen LogP contribution in [0.2, 0.25) is 0 Å². The average Bonchev–Trinajstić information content (AvgIpc) is 0. The Balaban J connectivity index is 0. The van der Waals surface area contributed by atoms with Crippen LogP contribution in [0.25, 0.3) is 0 Å². The van der Waals surface area contributed by atoms with E-state index in [9.17, 15) is 0 Å². The van der Waals surface area contributed by atoms with Crippen LogP contribution in [0.3, 0.4) is 0 Å². The maximum absolute atomic E-state index is 0. The van der Waals surface area contributed by atoms with E-state index in [1.54, 1.807) is 0 Å². The minimum Gasteiger partial charge on any atom is 0 e. The van der Waals surface area contributed by atoms with Crippen LogP contribution in [0.5, 0.6) is 0 Å². The second-order valence-electron chi connectivity index (χ2n) is 0. The van der Waals surface area contributed by atoms with E-state index < -0.39 is 0 Å². The Bertz CT molecular complexity index is 8.00. The van der Waals surface area contributed by atoms with Crippen LogP contribution in [0.1, 0.15) is 0 Å². The first-order chi connectivity index (χ1) is 0. The van der Waals surface area contributed by atoms with Gasteiger partial charge in [-0.05, 0) is 0 Å². The molecule has 0 bridgehead atoms. The number of hydrogen-bond donors (Lipinski definition) is 0. The van der Waals surface area contributed by atoms with Crippen LogP contribution in [-0.4, -0.2) is 0 Å². The summed E-state index contributed by atoms with van der Waals surface area (Å²) in [6, 6.07) is 0. The van der Waals surface area contributed by atoms with Gasteiger partial charge in [0.2, 0.25) is 0 Å². The zero-order valence-corrected chi connectivity index (χ0v) is 8.36. The van der Waals surface area contributed by atoms with Crippen LogP contribution in [0, 0.1) is 41.7 Å². The predicted molar refractivity (Wildman–Crippen MR) is 0 cm³/mol. The van der Waals surface area contributed by atoms with Crippen LogP contribution in [0.4, 0.5) is 0 Å². The van der Waals surface area contributed by atoms with Gasteiger partial charge in [0.05, 0.1) is 0 Å². The first-order valence-corrected chi connectivity index (χ1v) is 0. The van der Waals surface area contributed by atoms with Crippen molar-refractivity contribution in [3.8, 4) is 0 Å². The van der Waals surface area contributed by atoms with Gasteiger partial charge < -0.3 is 0 Å². The fourth-order valence-corrected chi connectivity index (χ4v) is 0. The summed E-state index contributed by atoms with van der Waals surface area (Å²) in [5.74, 6) is 0. The summed E-state index contributed by atoms with van der Waals surface area (Å²) in [5.41, 5.74) is 0. The summed E-state index contributed by atoms with van der Waals surface area (Å²) in [4.78, 5) is 0. The molecule has 0 fully saturated rings. The van der Waals surface area contributed by atoms with Gasteiger partial charge in [0.15, 0.2) is 0 Å². The molecular formula is AgCeCoMn. The minimum atomic E-state index is 0. The molecule has 0 N–H and O–H groups in total. The molecular weight excluding hydrogens is 362 g/mol. The molecule has 0 aromatic rings. The molecule has 0 aliphatic heterocycles. The fraction of sp³-hybridized carbons (Fsp3) is 0. The standard InChI is InChI=1S/Ag.Ce.Co.Mn. The Morgan fingerprint density at radius 2 is 1.00 bits per heavy atom. The van der Waals surface area contributed by atoms with E-state index in [0.29, 0.717) is 0 Å². The van der Waals surface area contributed by atoms with Crippen molar-refractivity contribution in [1.29, 1.82) is 0 Å². The summed E-state index contributed by atoms with van der Waals surface area (Å²) in [5, 5.41) is 0. The van der Waals surface area contributed by atoms with Crippen molar-refractivity contribution in [1.82, 2.24) is 0 Å². The van der Waals surface area contributed by atoms with Gasteiger partial charge in [-0.25, -0.2) is 0 Å². The van der Waals surface area contributed by atoms with Crippen molar-refractivity contribution < 1.29 is 98.0 Å². The molecule has 0 heterocycles. The summed E-state index contributed by atoms with van der Waals surface area (Å²) < 4.78 is 0. The SMILES string of the molecule is [Ag].[Ce].[Co].[Mn]. The molecule has 0 unspecified atom stereocenters. The summed E-state index contributed by atoms with van der Waals surface area (Å²) in [6.45, 7) is 0. The second-order valence-corrected chi connectivity index (χ2v) is 0. The Kier molecular flexibility index (Phi) is 112. The maximum atomic E-state index is 0. The molecule has 4 heavy (non-hydrogen) atoms. The third-order valence-corrected chi connectivity index (χ3v) is 0. The summed E-state index contributed by atoms with van der Waals surface area (Å²) in [6.07, 6.45) is 0. The van der Waals surface area contributed by atoms with Crippen molar-refractivity contribution in [2.75, 3.05) is 0 Å². The van der Waals surface area contributed by atoms with Crippen molar-refractivity contribution in [3.63, 3.8) is 0 Å². The molecule has 0 nitrogen and oxygen atoms in total. The van der Waals surface area contributed by atoms with E-state index >= 15 is 0 Å².